The number of hydrogen-bond donors (Lipinski definition) is 1. The Morgan fingerprint density at radius 1 is 1.26 bits per heavy atom. The van der Waals surface area contributed by atoms with Gasteiger partial charge in [-0.3, -0.25) is 4.79 Å². The number of amides is 1. The van der Waals surface area contributed by atoms with E-state index in [9.17, 15) is 18.0 Å². The molecule has 0 aliphatic heterocycles. The molecule has 1 aliphatic rings. The lowest BCUT2D eigenvalue weighted by atomic mass is 9.83. The molecule has 0 radical (unpaired) electrons. The number of carbonyl (C=O) groups excluding carboxylic acids is 1. The zero-order valence-electron chi connectivity index (χ0n) is 17.6. The van der Waals surface area contributed by atoms with E-state index in [4.69, 9.17) is 9.47 Å². The number of alkyl halides is 3. The monoisotopic (exact) mass is 438 g/mol. The summed E-state index contributed by atoms with van der Waals surface area (Å²) in [6.45, 7) is 6.07. The van der Waals surface area contributed by atoms with E-state index >= 15 is 0 Å². The minimum absolute atomic E-state index is 0.0326. The molecule has 31 heavy (non-hydrogen) atoms. The van der Waals surface area contributed by atoms with Gasteiger partial charge in [0, 0.05) is 42.7 Å². The molecule has 7 nitrogen and oxygen atoms in total. The molecule has 3 rings (SSSR count). The third-order valence-corrected chi connectivity index (χ3v) is 5.06. The zero-order chi connectivity index (χ0) is 22.6. The fraction of sp³-hybridized carbons (Fsp3) is 0.524. The fourth-order valence-electron chi connectivity index (χ4n) is 3.33. The van der Waals surface area contributed by atoms with Crippen molar-refractivity contribution in [2.75, 3.05) is 13.2 Å². The number of nitrogens with zero attached hydrogens (tertiary/aromatic N) is 3. The van der Waals surface area contributed by atoms with Crippen LogP contribution in [-0.2, 0) is 15.7 Å². The Balaban J connectivity index is 1.51. The van der Waals surface area contributed by atoms with Crippen LogP contribution in [-0.4, -0.2) is 46.2 Å². The normalized spacial score (nSPS) is 19.4. The smallest absolute Gasteiger partial charge is 0.419 e. The van der Waals surface area contributed by atoms with Gasteiger partial charge in [-0.05, 0) is 38.7 Å². The van der Waals surface area contributed by atoms with E-state index in [-0.39, 0.29) is 23.9 Å². The summed E-state index contributed by atoms with van der Waals surface area (Å²) in [6, 6.07) is 1.61. The second-order valence-electron chi connectivity index (χ2n) is 7.79. The molecular formula is C21H25F3N4O3. The summed E-state index contributed by atoms with van der Waals surface area (Å²) in [5.74, 6) is 0.837. The number of pyridine rings is 1. The van der Waals surface area contributed by atoms with Crippen molar-refractivity contribution >= 4 is 5.91 Å². The number of halogens is 3. The first-order valence-corrected chi connectivity index (χ1v) is 10.00. The van der Waals surface area contributed by atoms with Gasteiger partial charge in [0.15, 0.2) is 5.82 Å². The summed E-state index contributed by atoms with van der Waals surface area (Å²) in [6.07, 6.45) is 0.432. The van der Waals surface area contributed by atoms with Gasteiger partial charge in [-0.25, -0.2) is 15.0 Å². The minimum atomic E-state index is -4.48. The Kier molecular flexibility index (Phi) is 7.09. The highest BCUT2D eigenvalue weighted by atomic mass is 19.4. The molecule has 1 aliphatic carbocycles. The van der Waals surface area contributed by atoms with Crippen LogP contribution in [0.5, 0.6) is 5.88 Å². The average Bonchev–Trinajstić information content (AvgIpc) is 2.66. The Morgan fingerprint density at radius 2 is 1.94 bits per heavy atom. The van der Waals surface area contributed by atoms with Crippen LogP contribution in [0.3, 0.4) is 0 Å². The maximum Gasteiger partial charge on any atom is 0.419 e. The van der Waals surface area contributed by atoms with Crippen LogP contribution in [0.1, 0.15) is 37.8 Å². The average molecular weight is 438 g/mol. The Morgan fingerprint density at radius 3 is 2.55 bits per heavy atom. The summed E-state index contributed by atoms with van der Waals surface area (Å²) in [5, 5.41) is 2.78. The third kappa shape index (κ3) is 6.13. The van der Waals surface area contributed by atoms with Gasteiger partial charge in [0.05, 0.1) is 24.9 Å². The molecule has 1 atom stereocenters. The van der Waals surface area contributed by atoms with E-state index in [1.807, 2.05) is 6.92 Å². The molecule has 2 heterocycles. The predicted molar refractivity (Wildman–Crippen MR) is 106 cm³/mol. The SMILES string of the molecule is CC(=O)N[C@@H](C)COC1CC(COc2nccc(-c3ncc(C(F)(F)F)cn3)c2C)C1. The fourth-order valence-corrected chi connectivity index (χ4v) is 3.33. The molecule has 0 aromatic carbocycles. The first-order valence-electron chi connectivity index (χ1n) is 10.00. The topological polar surface area (TPSA) is 86.2 Å². The maximum absolute atomic E-state index is 12.7. The molecule has 1 saturated carbocycles. The largest absolute Gasteiger partial charge is 0.477 e. The van der Waals surface area contributed by atoms with Gasteiger partial charge >= 0.3 is 6.18 Å². The molecule has 2 aromatic heterocycles. The summed E-state index contributed by atoms with van der Waals surface area (Å²) in [5.41, 5.74) is 0.340. The number of nitrogens with one attached hydrogen (secondary N) is 1. The molecule has 2 aromatic rings. The van der Waals surface area contributed by atoms with Crippen molar-refractivity contribution in [2.24, 2.45) is 5.92 Å². The standard InChI is InChI=1S/C21H25F3N4O3/c1-12(28-14(3)29)10-30-17-6-15(7-17)11-31-20-13(2)18(4-5-25-20)19-26-8-16(9-27-19)21(22,23)24/h4-5,8-9,12,15,17H,6-7,10-11H2,1-3H3,(H,28,29)/t12-,15?,17?/m0/s1. The van der Waals surface area contributed by atoms with E-state index in [1.165, 1.54) is 13.1 Å². The lowest BCUT2D eigenvalue weighted by Gasteiger charge is -2.35. The van der Waals surface area contributed by atoms with Crippen molar-refractivity contribution in [1.82, 2.24) is 20.3 Å². The number of carbonyl (C=O) groups is 1. The van der Waals surface area contributed by atoms with E-state index in [0.29, 0.717) is 36.1 Å². The van der Waals surface area contributed by atoms with Gasteiger partial charge in [0.25, 0.3) is 0 Å². The van der Waals surface area contributed by atoms with Gasteiger partial charge < -0.3 is 14.8 Å². The van der Waals surface area contributed by atoms with Gasteiger partial charge in [0.1, 0.15) is 0 Å². The van der Waals surface area contributed by atoms with Crippen LogP contribution in [0.4, 0.5) is 13.2 Å². The molecule has 0 unspecified atom stereocenters. The first-order chi connectivity index (χ1) is 14.6. The van der Waals surface area contributed by atoms with E-state index in [2.05, 4.69) is 20.3 Å². The highest BCUT2D eigenvalue weighted by Crippen LogP contribution is 2.33. The summed E-state index contributed by atoms with van der Waals surface area (Å²) < 4.78 is 49.8. The Bertz CT molecular complexity index is 900. The van der Waals surface area contributed by atoms with Crippen LogP contribution in [0, 0.1) is 12.8 Å². The molecule has 10 heteroatoms. The third-order valence-electron chi connectivity index (χ3n) is 5.06. The van der Waals surface area contributed by atoms with Crippen molar-refractivity contribution in [2.45, 2.75) is 51.9 Å². The molecule has 0 saturated heterocycles. The van der Waals surface area contributed by atoms with Crippen molar-refractivity contribution in [3.05, 3.63) is 35.8 Å². The van der Waals surface area contributed by atoms with Gasteiger partial charge in [0.2, 0.25) is 11.8 Å². The second-order valence-corrected chi connectivity index (χ2v) is 7.79. The quantitative estimate of drug-likeness (QED) is 0.678. The molecule has 1 amide bonds. The van der Waals surface area contributed by atoms with Gasteiger partial charge in [-0.15, -0.1) is 0 Å². The maximum atomic E-state index is 12.7. The van der Waals surface area contributed by atoms with E-state index in [0.717, 1.165) is 25.2 Å². The Hall–Kier alpha value is -2.75. The zero-order valence-corrected chi connectivity index (χ0v) is 17.6. The summed E-state index contributed by atoms with van der Waals surface area (Å²) >= 11 is 0. The lowest BCUT2D eigenvalue weighted by Crippen LogP contribution is -2.40. The number of hydrogen-bond acceptors (Lipinski definition) is 6. The summed E-state index contributed by atoms with van der Waals surface area (Å²) in [7, 11) is 0. The Labute approximate surface area is 178 Å². The van der Waals surface area contributed by atoms with Crippen LogP contribution in [0.25, 0.3) is 11.4 Å². The van der Waals surface area contributed by atoms with E-state index < -0.39 is 11.7 Å². The van der Waals surface area contributed by atoms with Crippen LogP contribution in [0.15, 0.2) is 24.7 Å². The molecule has 0 bridgehead atoms. The molecule has 0 spiro atoms. The van der Waals surface area contributed by atoms with Crippen molar-refractivity contribution in [3.8, 4) is 17.3 Å². The second kappa shape index (κ2) is 9.59. The molecular weight excluding hydrogens is 413 g/mol. The number of ether oxygens (including phenoxy) is 2. The van der Waals surface area contributed by atoms with Crippen LogP contribution in [0.2, 0.25) is 0 Å². The highest BCUT2D eigenvalue weighted by Gasteiger charge is 2.32. The molecule has 1 fully saturated rings. The summed E-state index contributed by atoms with van der Waals surface area (Å²) in [4.78, 5) is 22.9. The molecule has 168 valence electrons. The van der Waals surface area contributed by atoms with Crippen molar-refractivity contribution < 1.29 is 27.4 Å². The van der Waals surface area contributed by atoms with Crippen LogP contribution >= 0.6 is 0 Å². The first kappa shape index (κ1) is 22.9. The highest BCUT2D eigenvalue weighted by molar-refractivity contribution is 5.73. The van der Waals surface area contributed by atoms with Crippen molar-refractivity contribution in [1.29, 1.82) is 0 Å². The number of aromatic nitrogens is 3. The molecule has 1 N–H and O–H groups in total. The predicted octanol–water partition coefficient (Wildman–Crippen LogP) is 3.56. The number of rotatable bonds is 8. The van der Waals surface area contributed by atoms with Crippen molar-refractivity contribution in [3.63, 3.8) is 0 Å². The van der Waals surface area contributed by atoms with Gasteiger partial charge in [-0.2, -0.15) is 13.2 Å². The van der Waals surface area contributed by atoms with E-state index in [1.54, 1.807) is 13.0 Å². The van der Waals surface area contributed by atoms with Gasteiger partial charge in [-0.1, -0.05) is 0 Å². The lowest BCUT2D eigenvalue weighted by molar-refractivity contribution is -0.138. The minimum Gasteiger partial charge on any atom is -0.477 e. The van der Waals surface area contributed by atoms with Crippen LogP contribution < -0.4 is 10.1 Å².